The van der Waals surface area contributed by atoms with Crippen molar-refractivity contribution in [3.8, 4) is 11.8 Å². The van der Waals surface area contributed by atoms with Gasteiger partial charge in [0.15, 0.2) is 6.10 Å². The normalized spacial score (nSPS) is 15.6. The lowest BCUT2D eigenvalue weighted by Crippen LogP contribution is -2.42. The number of nitrogens with zero attached hydrogens (tertiary/aromatic N) is 2. The number of carbonyl (C=O) groups excluding carboxylic acids is 2. The number of urea groups is 1. The first-order chi connectivity index (χ1) is 9.11. The van der Waals surface area contributed by atoms with Gasteiger partial charge in [-0.15, -0.1) is 0 Å². The SMILES string of the molecule is C[C@@H](Oc1ccc(C#N)cc1)C(=O)N1CCNC1=O. The second kappa shape index (κ2) is 5.40. The summed E-state index contributed by atoms with van der Waals surface area (Å²) in [4.78, 5) is 24.5. The van der Waals surface area contributed by atoms with Gasteiger partial charge in [0.1, 0.15) is 5.75 Å². The number of amides is 3. The van der Waals surface area contributed by atoms with E-state index < -0.39 is 6.10 Å². The van der Waals surface area contributed by atoms with Gasteiger partial charge in [-0.05, 0) is 31.2 Å². The molecule has 1 aliphatic heterocycles. The molecule has 0 aromatic heterocycles. The van der Waals surface area contributed by atoms with Crippen molar-refractivity contribution in [3.63, 3.8) is 0 Å². The third kappa shape index (κ3) is 2.83. The largest absolute Gasteiger partial charge is 0.481 e. The molecule has 0 aliphatic carbocycles. The number of ether oxygens (including phenoxy) is 1. The van der Waals surface area contributed by atoms with E-state index in [-0.39, 0.29) is 11.9 Å². The maximum atomic E-state index is 12.0. The minimum atomic E-state index is -0.753. The van der Waals surface area contributed by atoms with Gasteiger partial charge in [0.2, 0.25) is 0 Å². The highest BCUT2D eigenvalue weighted by Crippen LogP contribution is 2.14. The van der Waals surface area contributed by atoms with Crippen molar-refractivity contribution < 1.29 is 14.3 Å². The van der Waals surface area contributed by atoms with E-state index in [1.54, 1.807) is 31.2 Å². The van der Waals surface area contributed by atoms with Crippen LogP contribution in [0.15, 0.2) is 24.3 Å². The molecule has 1 saturated heterocycles. The van der Waals surface area contributed by atoms with Crippen molar-refractivity contribution in [1.29, 1.82) is 5.26 Å². The summed E-state index contributed by atoms with van der Waals surface area (Å²) in [6.45, 7) is 2.42. The van der Waals surface area contributed by atoms with Gasteiger partial charge < -0.3 is 10.1 Å². The highest BCUT2D eigenvalue weighted by molar-refractivity contribution is 5.97. The third-order valence-electron chi connectivity index (χ3n) is 2.77. The molecule has 0 bridgehead atoms. The Morgan fingerprint density at radius 1 is 1.47 bits per heavy atom. The van der Waals surface area contributed by atoms with Crippen LogP contribution in [-0.4, -0.2) is 36.0 Å². The average Bonchev–Trinajstić information content (AvgIpc) is 2.85. The van der Waals surface area contributed by atoms with Crippen molar-refractivity contribution in [2.24, 2.45) is 0 Å². The van der Waals surface area contributed by atoms with Crippen LogP contribution in [0.5, 0.6) is 5.75 Å². The Morgan fingerprint density at radius 3 is 2.68 bits per heavy atom. The van der Waals surface area contributed by atoms with Gasteiger partial charge in [0.05, 0.1) is 11.6 Å². The summed E-state index contributed by atoms with van der Waals surface area (Å²) < 4.78 is 5.46. The van der Waals surface area contributed by atoms with Gasteiger partial charge in [-0.25, -0.2) is 4.79 Å². The summed E-state index contributed by atoms with van der Waals surface area (Å²) in [5.74, 6) is 0.110. The smallest absolute Gasteiger partial charge is 0.324 e. The first-order valence-corrected chi connectivity index (χ1v) is 5.88. The molecular weight excluding hydrogens is 246 g/mol. The van der Waals surface area contributed by atoms with Crippen LogP contribution < -0.4 is 10.1 Å². The van der Waals surface area contributed by atoms with Crippen LogP contribution >= 0.6 is 0 Å². The molecule has 0 unspecified atom stereocenters. The maximum absolute atomic E-state index is 12.0. The lowest BCUT2D eigenvalue weighted by atomic mass is 10.2. The van der Waals surface area contributed by atoms with E-state index in [4.69, 9.17) is 10.00 Å². The van der Waals surface area contributed by atoms with E-state index >= 15 is 0 Å². The molecule has 19 heavy (non-hydrogen) atoms. The molecule has 3 amide bonds. The molecule has 6 nitrogen and oxygen atoms in total. The van der Waals surface area contributed by atoms with Gasteiger partial charge in [-0.1, -0.05) is 0 Å². The second-order valence-electron chi connectivity index (χ2n) is 4.12. The summed E-state index contributed by atoms with van der Waals surface area (Å²) in [7, 11) is 0. The zero-order valence-electron chi connectivity index (χ0n) is 10.4. The highest BCUT2D eigenvalue weighted by atomic mass is 16.5. The molecule has 1 atom stereocenters. The van der Waals surface area contributed by atoms with Crippen LogP contribution in [-0.2, 0) is 4.79 Å². The fraction of sp³-hybridized carbons (Fsp3) is 0.308. The number of hydrogen-bond donors (Lipinski definition) is 1. The maximum Gasteiger partial charge on any atom is 0.324 e. The first-order valence-electron chi connectivity index (χ1n) is 5.88. The lowest BCUT2D eigenvalue weighted by molar-refractivity contribution is -0.134. The summed E-state index contributed by atoms with van der Waals surface area (Å²) in [5.41, 5.74) is 0.519. The van der Waals surface area contributed by atoms with Crippen LogP contribution in [0.25, 0.3) is 0 Å². The summed E-state index contributed by atoms with van der Waals surface area (Å²) in [6, 6.07) is 8.06. The molecule has 1 heterocycles. The number of hydrogen-bond acceptors (Lipinski definition) is 4. The van der Waals surface area contributed by atoms with E-state index in [2.05, 4.69) is 5.32 Å². The Hall–Kier alpha value is -2.55. The van der Waals surface area contributed by atoms with Crippen molar-refractivity contribution in [2.75, 3.05) is 13.1 Å². The molecule has 1 aromatic rings. The number of carbonyl (C=O) groups is 2. The van der Waals surface area contributed by atoms with E-state index in [1.807, 2.05) is 6.07 Å². The van der Waals surface area contributed by atoms with Gasteiger partial charge in [-0.3, -0.25) is 9.69 Å². The van der Waals surface area contributed by atoms with E-state index in [0.717, 1.165) is 4.90 Å². The van der Waals surface area contributed by atoms with Crippen molar-refractivity contribution in [1.82, 2.24) is 10.2 Å². The monoisotopic (exact) mass is 259 g/mol. The molecule has 1 aliphatic rings. The fourth-order valence-electron chi connectivity index (χ4n) is 1.76. The Balaban J connectivity index is 2.00. The van der Waals surface area contributed by atoms with Crippen LogP contribution in [0.4, 0.5) is 4.79 Å². The van der Waals surface area contributed by atoms with Gasteiger partial charge >= 0.3 is 6.03 Å². The van der Waals surface area contributed by atoms with Gasteiger partial charge in [0.25, 0.3) is 5.91 Å². The molecule has 6 heteroatoms. The summed E-state index contributed by atoms with van der Waals surface area (Å²) >= 11 is 0. The standard InChI is InChI=1S/C13H13N3O3/c1-9(12(17)16-7-6-15-13(16)18)19-11-4-2-10(8-14)3-5-11/h2-5,9H,6-7H2,1H3,(H,15,18)/t9-/m1/s1. The molecule has 2 rings (SSSR count). The number of rotatable bonds is 3. The first kappa shape index (κ1) is 12.9. The highest BCUT2D eigenvalue weighted by Gasteiger charge is 2.30. The van der Waals surface area contributed by atoms with E-state index in [1.165, 1.54) is 0 Å². The van der Waals surface area contributed by atoms with Crippen molar-refractivity contribution >= 4 is 11.9 Å². The predicted octanol–water partition coefficient (Wildman–Crippen LogP) is 0.877. The zero-order chi connectivity index (χ0) is 13.8. The van der Waals surface area contributed by atoms with Crippen LogP contribution in [0.2, 0.25) is 0 Å². The third-order valence-corrected chi connectivity index (χ3v) is 2.77. The van der Waals surface area contributed by atoms with E-state index in [0.29, 0.717) is 24.4 Å². The average molecular weight is 259 g/mol. The minimum absolute atomic E-state index is 0.360. The van der Waals surface area contributed by atoms with E-state index in [9.17, 15) is 9.59 Å². The minimum Gasteiger partial charge on any atom is -0.481 e. The van der Waals surface area contributed by atoms with Crippen LogP contribution in [0.1, 0.15) is 12.5 Å². The van der Waals surface area contributed by atoms with Crippen LogP contribution in [0.3, 0.4) is 0 Å². The second-order valence-corrected chi connectivity index (χ2v) is 4.12. The molecular formula is C13H13N3O3. The zero-order valence-corrected chi connectivity index (χ0v) is 10.4. The molecule has 0 spiro atoms. The predicted molar refractivity (Wildman–Crippen MR) is 66.4 cm³/mol. The Bertz CT molecular complexity index is 533. The van der Waals surface area contributed by atoms with Crippen LogP contribution in [0, 0.1) is 11.3 Å². The molecule has 0 saturated carbocycles. The summed E-state index contributed by atoms with van der Waals surface area (Å²) in [6.07, 6.45) is -0.753. The summed E-state index contributed by atoms with van der Waals surface area (Å²) in [5, 5.41) is 11.2. The number of imide groups is 1. The number of nitrogens with one attached hydrogen (secondary N) is 1. The Morgan fingerprint density at radius 2 is 2.16 bits per heavy atom. The van der Waals surface area contributed by atoms with Crippen molar-refractivity contribution in [2.45, 2.75) is 13.0 Å². The Labute approximate surface area is 110 Å². The molecule has 1 N–H and O–H groups in total. The molecule has 1 aromatic carbocycles. The van der Waals surface area contributed by atoms with Gasteiger partial charge in [-0.2, -0.15) is 5.26 Å². The number of nitriles is 1. The Kier molecular flexibility index (Phi) is 3.66. The van der Waals surface area contributed by atoms with Gasteiger partial charge in [0, 0.05) is 13.1 Å². The topological polar surface area (TPSA) is 82.4 Å². The molecule has 98 valence electrons. The quantitative estimate of drug-likeness (QED) is 0.873. The fourth-order valence-corrected chi connectivity index (χ4v) is 1.76. The number of benzene rings is 1. The lowest BCUT2D eigenvalue weighted by Gasteiger charge is -2.19. The molecule has 0 radical (unpaired) electrons. The molecule has 1 fully saturated rings. The van der Waals surface area contributed by atoms with Crippen molar-refractivity contribution in [3.05, 3.63) is 29.8 Å².